The number of likely N-dealkylation sites (N-methyl/N-ethyl adjacent to an activating group) is 1. The molecule has 0 aromatic heterocycles. The number of carbonyl (C=O) groups excluding carboxylic acids is 1. The predicted octanol–water partition coefficient (Wildman–Crippen LogP) is 2.24. The molecule has 0 aliphatic rings. The molecule has 0 spiro atoms. The van der Waals surface area contributed by atoms with E-state index in [1.807, 2.05) is 13.8 Å². The molecular formula is C19H25N3O3S. The average Bonchev–Trinajstić information content (AvgIpc) is 2.66. The first kappa shape index (κ1) is 19.9. The van der Waals surface area contributed by atoms with E-state index >= 15 is 0 Å². The number of rotatable bonds is 6. The summed E-state index contributed by atoms with van der Waals surface area (Å²) in [5, 5.41) is 0. The molecule has 2 aromatic carbocycles. The van der Waals surface area contributed by atoms with Gasteiger partial charge in [0.25, 0.3) is 15.9 Å². The molecule has 0 aliphatic heterocycles. The lowest BCUT2D eigenvalue weighted by Crippen LogP contribution is -2.39. The van der Waals surface area contributed by atoms with Crippen LogP contribution < -0.4 is 10.0 Å². The van der Waals surface area contributed by atoms with Gasteiger partial charge in [0, 0.05) is 32.2 Å². The molecule has 6 nitrogen and oxygen atoms in total. The van der Waals surface area contributed by atoms with E-state index in [-0.39, 0.29) is 16.8 Å². The number of hydrogen-bond acceptors (Lipinski definition) is 4. The summed E-state index contributed by atoms with van der Waals surface area (Å²) in [5.74, 6) is -0.154. The second kappa shape index (κ2) is 7.88. The summed E-state index contributed by atoms with van der Waals surface area (Å²) in [4.78, 5) is 14.2. The third kappa shape index (κ3) is 4.05. The van der Waals surface area contributed by atoms with Crippen molar-refractivity contribution in [3.63, 3.8) is 0 Å². The highest BCUT2D eigenvalue weighted by atomic mass is 32.2. The fourth-order valence-corrected chi connectivity index (χ4v) is 3.58. The summed E-state index contributed by atoms with van der Waals surface area (Å²) in [7, 11) is -0.463. The molecule has 0 fully saturated rings. The van der Waals surface area contributed by atoms with Crippen LogP contribution in [0.1, 0.15) is 22.8 Å². The van der Waals surface area contributed by atoms with Crippen LogP contribution in [-0.4, -0.2) is 45.9 Å². The van der Waals surface area contributed by atoms with Crippen LogP contribution in [0, 0.1) is 6.92 Å². The molecule has 2 N–H and O–H groups in total. The highest BCUT2D eigenvalue weighted by molar-refractivity contribution is 7.92. The van der Waals surface area contributed by atoms with Crippen molar-refractivity contribution in [2.45, 2.75) is 24.8 Å². The maximum atomic E-state index is 12.7. The Balaban J connectivity index is 2.24. The minimum Gasteiger partial charge on any atom is -0.338 e. The summed E-state index contributed by atoms with van der Waals surface area (Å²) in [6.45, 7) is 4.14. The molecule has 140 valence electrons. The van der Waals surface area contributed by atoms with Crippen molar-refractivity contribution in [1.29, 1.82) is 0 Å². The van der Waals surface area contributed by atoms with Gasteiger partial charge in [-0.05, 0) is 50.2 Å². The summed E-state index contributed by atoms with van der Waals surface area (Å²) in [6.07, 6.45) is 0. The van der Waals surface area contributed by atoms with Crippen molar-refractivity contribution in [1.82, 2.24) is 4.90 Å². The number of carbonyl (C=O) groups is 1. The van der Waals surface area contributed by atoms with Gasteiger partial charge in [0.05, 0.1) is 10.6 Å². The lowest BCUT2D eigenvalue weighted by atomic mass is 10.1. The van der Waals surface area contributed by atoms with Crippen molar-refractivity contribution in [2.75, 3.05) is 24.9 Å². The van der Waals surface area contributed by atoms with Gasteiger partial charge in [-0.1, -0.05) is 17.7 Å². The quantitative estimate of drug-likeness (QED) is 0.839. The van der Waals surface area contributed by atoms with Gasteiger partial charge >= 0.3 is 0 Å². The van der Waals surface area contributed by atoms with E-state index in [1.165, 1.54) is 11.4 Å². The molecule has 0 bridgehead atoms. The zero-order chi connectivity index (χ0) is 19.5. The van der Waals surface area contributed by atoms with Gasteiger partial charge in [-0.15, -0.1) is 0 Å². The number of aryl methyl sites for hydroxylation is 1. The van der Waals surface area contributed by atoms with Gasteiger partial charge in [-0.25, -0.2) is 8.42 Å². The first-order valence-corrected chi connectivity index (χ1v) is 9.75. The van der Waals surface area contributed by atoms with E-state index in [9.17, 15) is 13.2 Å². The summed E-state index contributed by atoms with van der Waals surface area (Å²) in [6, 6.07) is 13.1. The molecule has 0 heterocycles. The molecule has 1 atom stereocenters. The summed E-state index contributed by atoms with van der Waals surface area (Å²) < 4.78 is 26.7. The molecule has 0 saturated heterocycles. The third-order valence-corrected chi connectivity index (χ3v) is 6.28. The maximum Gasteiger partial charge on any atom is 0.264 e. The topological polar surface area (TPSA) is 83.7 Å². The van der Waals surface area contributed by atoms with Gasteiger partial charge in [0.2, 0.25) is 0 Å². The standard InChI is InChI=1S/C19H25N3O3S/c1-14-5-11-18(12-6-14)26(24,25)22(4)17-9-7-16(8-10-17)19(23)21(3)15(2)13-20/h5-12,15H,13,20H2,1-4H3. The van der Waals surface area contributed by atoms with Crippen molar-refractivity contribution in [2.24, 2.45) is 5.73 Å². The number of hydrogen-bond donors (Lipinski definition) is 1. The number of benzene rings is 2. The van der Waals surface area contributed by atoms with E-state index in [2.05, 4.69) is 0 Å². The van der Waals surface area contributed by atoms with Crippen LogP contribution in [0.15, 0.2) is 53.4 Å². The molecule has 2 aromatic rings. The van der Waals surface area contributed by atoms with E-state index < -0.39 is 10.0 Å². The monoisotopic (exact) mass is 375 g/mol. The number of nitrogens with zero attached hydrogens (tertiary/aromatic N) is 2. The normalized spacial score (nSPS) is 12.5. The Kier molecular flexibility index (Phi) is 6.05. The fourth-order valence-electron chi connectivity index (χ4n) is 2.38. The van der Waals surface area contributed by atoms with E-state index in [0.29, 0.717) is 17.8 Å². The van der Waals surface area contributed by atoms with Crippen LogP contribution in [0.25, 0.3) is 0 Å². The third-order valence-electron chi connectivity index (χ3n) is 4.48. The molecule has 0 radical (unpaired) electrons. The van der Waals surface area contributed by atoms with Gasteiger partial charge in [0.15, 0.2) is 0 Å². The number of nitrogens with two attached hydrogens (primary N) is 1. The van der Waals surface area contributed by atoms with Crippen molar-refractivity contribution in [3.05, 3.63) is 59.7 Å². The largest absolute Gasteiger partial charge is 0.338 e. The first-order valence-electron chi connectivity index (χ1n) is 8.31. The van der Waals surface area contributed by atoms with Crippen molar-refractivity contribution < 1.29 is 13.2 Å². The Morgan fingerprint density at radius 2 is 1.58 bits per heavy atom. The Bertz CT molecular complexity index is 862. The second-order valence-electron chi connectivity index (χ2n) is 6.33. The summed E-state index contributed by atoms with van der Waals surface area (Å²) >= 11 is 0. The van der Waals surface area contributed by atoms with Crippen LogP contribution in [0.3, 0.4) is 0 Å². The molecule has 0 saturated carbocycles. The van der Waals surface area contributed by atoms with Crippen molar-refractivity contribution >= 4 is 21.6 Å². The van der Waals surface area contributed by atoms with Crippen LogP contribution in [-0.2, 0) is 10.0 Å². The van der Waals surface area contributed by atoms with Gasteiger partial charge in [-0.2, -0.15) is 0 Å². The highest BCUT2D eigenvalue weighted by Crippen LogP contribution is 2.23. The van der Waals surface area contributed by atoms with E-state index in [1.54, 1.807) is 60.5 Å². The highest BCUT2D eigenvalue weighted by Gasteiger charge is 2.22. The molecule has 2 rings (SSSR count). The number of amides is 1. The van der Waals surface area contributed by atoms with Crippen LogP contribution >= 0.6 is 0 Å². The maximum absolute atomic E-state index is 12.7. The molecule has 26 heavy (non-hydrogen) atoms. The number of sulfonamides is 1. The van der Waals surface area contributed by atoms with Gasteiger partial charge in [0.1, 0.15) is 0 Å². The minimum absolute atomic E-state index is 0.0771. The van der Waals surface area contributed by atoms with E-state index in [4.69, 9.17) is 5.73 Å². The predicted molar refractivity (Wildman–Crippen MR) is 104 cm³/mol. The van der Waals surface area contributed by atoms with E-state index in [0.717, 1.165) is 5.56 Å². The Morgan fingerprint density at radius 3 is 2.08 bits per heavy atom. The Morgan fingerprint density at radius 1 is 1.04 bits per heavy atom. The zero-order valence-electron chi connectivity index (χ0n) is 15.5. The molecule has 1 amide bonds. The lowest BCUT2D eigenvalue weighted by molar-refractivity contribution is 0.0748. The van der Waals surface area contributed by atoms with Crippen molar-refractivity contribution in [3.8, 4) is 0 Å². The minimum atomic E-state index is -3.65. The lowest BCUT2D eigenvalue weighted by Gasteiger charge is -2.24. The zero-order valence-corrected chi connectivity index (χ0v) is 16.3. The first-order chi connectivity index (χ1) is 12.2. The van der Waals surface area contributed by atoms with Gasteiger partial charge < -0.3 is 10.6 Å². The average molecular weight is 375 g/mol. The molecule has 0 aliphatic carbocycles. The summed E-state index contributed by atoms with van der Waals surface area (Å²) in [5.41, 5.74) is 7.56. The molecule has 7 heteroatoms. The fraction of sp³-hybridized carbons (Fsp3) is 0.316. The molecule has 1 unspecified atom stereocenters. The smallest absolute Gasteiger partial charge is 0.264 e. The number of anilines is 1. The Labute approximate surface area is 155 Å². The van der Waals surface area contributed by atoms with Crippen LogP contribution in [0.4, 0.5) is 5.69 Å². The van der Waals surface area contributed by atoms with Crippen LogP contribution in [0.5, 0.6) is 0 Å². The van der Waals surface area contributed by atoms with Gasteiger partial charge in [-0.3, -0.25) is 9.10 Å². The second-order valence-corrected chi connectivity index (χ2v) is 8.30. The molecular weight excluding hydrogens is 350 g/mol. The SMILES string of the molecule is Cc1ccc(S(=O)(=O)N(C)c2ccc(C(=O)N(C)C(C)CN)cc2)cc1. The Hall–Kier alpha value is -2.38. The van der Waals surface area contributed by atoms with Crippen LogP contribution in [0.2, 0.25) is 0 Å².